The molecule has 1 rings (SSSR count). The second-order valence-corrected chi connectivity index (χ2v) is 3.77. The van der Waals surface area contributed by atoms with Crippen molar-refractivity contribution in [3.05, 3.63) is 23.8 Å². The van der Waals surface area contributed by atoms with Crippen molar-refractivity contribution in [1.29, 1.82) is 0 Å². The van der Waals surface area contributed by atoms with Gasteiger partial charge < -0.3 is 0 Å². The van der Waals surface area contributed by atoms with Crippen molar-refractivity contribution < 1.29 is 21.6 Å². The highest BCUT2D eigenvalue weighted by Crippen LogP contribution is 2.31. The van der Waals surface area contributed by atoms with Crippen molar-refractivity contribution >= 4 is 24.0 Å². The molecule has 0 heterocycles. The fourth-order valence-corrected chi connectivity index (χ4v) is 1.62. The molecule has 0 saturated heterocycles. The predicted molar refractivity (Wildman–Crippen MR) is 48.2 cm³/mol. The fourth-order valence-electron chi connectivity index (χ4n) is 1.04. The molecule has 0 aliphatic carbocycles. The van der Waals surface area contributed by atoms with E-state index in [4.69, 9.17) is 0 Å². The molecule has 1 aromatic rings. The maximum atomic E-state index is 12.3. The SMILES string of the molecule is Bc1ccc([SH](=O)=O)c(C(F)(F)F)c1. The van der Waals surface area contributed by atoms with Gasteiger partial charge in [-0.3, -0.25) is 0 Å². The van der Waals surface area contributed by atoms with Crippen LogP contribution in [0.3, 0.4) is 0 Å². The zero-order chi connectivity index (χ0) is 10.9. The van der Waals surface area contributed by atoms with Crippen LogP contribution in [0.15, 0.2) is 23.1 Å². The fraction of sp³-hybridized carbons (Fsp3) is 0.143. The maximum absolute atomic E-state index is 12.3. The van der Waals surface area contributed by atoms with Crippen LogP contribution < -0.4 is 5.46 Å². The van der Waals surface area contributed by atoms with Crippen LogP contribution in [0, 0.1) is 0 Å². The van der Waals surface area contributed by atoms with Crippen LogP contribution in [0.25, 0.3) is 0 Å². The molecule has 0 N–H and O–H groups in total. The Morgan fingerprint density at radius 1 is 1.21 bits per heavy atom. The van der Waals surface area contributed by atoms with E-state index in [-0.39, 0.29) is 0 Å². The molecule has 0 aliphatic rings. The smallest absolute Gasteiger partial charge is 0.227 e. The molecule has 2 nitrogen and oxygen atoms in total. The lowest BCUT2D eigenvalue weighted by Gasteiger charge is -2.09. The number of halogens is 3. The van der Waals surface area contributed by atoms with E-state index in [2.05, 4.69) is 0 Å². The normalized spacial score (nSPS) is 12.0. The molecule has 0 saturated carbocycles. The molecular weight excluding hydrogens is 216 g/mol. The summed E-state index contributed by atoms with van der Waals surface area (Å²) in [6, 6.07) is 3.11. The van der Waals surface area contributed by atoms with Crippen LogP contribution in [0.1, 0.15) is 5.56 Å². The summed E-state index contributed by atoms with van der Waals surface area (Å²) in [7, 11) is -1.74. The summed E-state index contributed by atoms with van der Waals surface area (Å²) in [5.74, 6) is 0. The van der Waals surface area contributed by atoms with E-state index in [1.54, 1.807) is 0 Å². The van der Waals surface area contributed by atoms with E-state index in [0.29, 0.717) is 5.46 Å². The predicted octanol–water partition coefficient (Wildman–Crippen LogP) is -0.0659. The Labute approximate surface area is 81.1 Å². The molecule has 0 fully saturated rings. The molecule has 0 unspecified atom stereocenters. The van der Waals surface area contributed by atoms with Crippen molar-refractivity contribution in [2.24, 2.45) is 0 Å². The lowest BCUT2D eigenvalue weighted by atomic mass is 9.94. The quantitative estimate of drug-likeness (QED) is 0.533. The lowest BCUT2D eigenvalue weighted by Crippen LogP contribution is -2.13. The zero-order valence-electron chi connectivity index (χ0n) is 7.13. The Morgan fingerprint density at radius 3 is 2.21 bits per heavy atom. The first-order valence-electron chi connectivity index (χ1n) is 3.64. The lowest BCUT2D eigenvalue weighted by molar-refractivity contribution is -0.139. The number of alkyl halides is 3. The third-order valence-corrected chi connectivity index (χ3v) is 2.44. The summed E-state index contributed by atoms with van der Waals surface area (Å²) >= 11 is 0. The monoisotopic (exact) mass is 222 g/mol. The molecule has 1 aromatic carbocycles. The standard InChI is InChI=1S/C7H6BF3O2S/c8-4-1-2-6(14(12)13)5(3-4)7(9,10)11/h1-3,14H,8H2. The Hall–Kier alpha value is -0.975. The second kappa shape index (κ2) is 3.64. The van der Waals surface area contributed by atoms with E-state index in [1.807, 2.05) is 0 Å². The van der Waals surface area contributed by atoms with Crippen LogP contribution in [0.5, 0.6) is 0 Å². The molecule has 0 amide bonds. The highest BCUT2D eigenvalue weighted by atomic mass is 32.2. The minimum Gasteiger partial charge on any atom is -0.227 e. The average Bonchev–Trinajstić information content (AvgIpc) is 2.01. The van der Waals surface area contributed by atoms with Crippen molar-refractivity contribution in [3.63, 3.8) is 0 Å². The van der Waals surface area contributed by atoms with Gasteiger partial charge in [0.25, 0.3) is 0 Å². The van der Waals surface area contributed by atoms with E-state index in [0.717, 1.165) is 12.1 Å². The van der Waals surface area contributed by atoms with Crippen molar-refractivity contribution in [1.82, 2.24) is 0 Å². The summed E-state index contributed by atoms with van der Waals surface area (Å²) in [6.07, 6.45) is -4.63. The van der Waals surface area contributed by atoms with Gasteiger partial charge in [0.1, 0.15) is 7.85 Å². The van der Waals surface area contributed by atoms with E-state index < -0.39 is 27.3 Å². The highest BCUT2D eigenvalue weighted by Gasteiger charge is 2.34. The summed E-state index contributed by atoms with van der Waals surface area (Å²) in [5, 5.41) is 0. The molecule has 0 atom stereocenters. The number of benzene rings is 1. The highest BCUT2D eigenvalue weighted by molar-refractivity contribution is 7.72. The minimum absolute atomic E-state index is 0.373. The third-order valence-electron chi connectivity index (χ3n) is 1.65. The Morgan fingerprint density at radius 2 is 1.79 bits per heavy atom. The maximum Gasteiger partial charge on any atom is 0.417 e. The van der Waals surface area contributed by atoms with E-state index in [9.17, 15) is 21.6 Å². The van der Waals surface area contributed by atoms with Crippen LogP contribution in [-0.2, 0) is 16.9 Å². The van der Waals surface area contributed by atoms with Gasteiger partial charge in [-0.2, -0.15) is 13.2 Å². The number of rotatable bonds is 1. The van der Waals surface area contributed by atoms with Gasteiger partial charge in [-0.15, -0.1) is 0 Å². The second-order valence-electron chi connectivity index (χ2n) is 2.78. The molecule has 0 aromatic heterocycles. The van der Waals surface area contributed by atoms with Gasteiger partial charge >= 0.3 is 6.18 Å². The van der Waals surface area contributed by atoms with Gasteiger partial charge in [0.2, 0.25) is 0 Å². The van der Waals surface area contributed by atoms with Crippen molar-refractivity contribution in [3.8, 4) is 0 Å². The summed E-state index contributed by atoms with van der Waals surface area (Å²) < 4.78 is 58.0. The summed E-state index contributed by atoms with van der Waals surface area (Å²) in [5.41, 5.74) is -0.730. The Bertz CT molecular complexity index is 417. The van der Waals surface area contributed by atoms with Crippen molar-refractivity contribution in [2.45, 2.75) is 11.1 Å². The molecule has 0 aliphatic heterocycles. The van der Waals surface area contributed by atoms with Gasteiger partial charge in [0.05, 0.1) is 10.5 Å². The van der Waals surface area contributed by atoms with Crippen molar-refractivity contribution in [2.75, 3.05) is 0 Å². The minimum atomic E-state index is -4.63. The molecule has 0 radical (unpaired) electrons. The first-order chi connectivity index (χ1) is 6.32. The average molecular weight is 222 g/mol. The molecular formula is C7H6BF3O2S. The van der Waals surface area contributed by atoms with E-state index >= 15 is 0 Å². The third kappa shape index (κ3) is 2.28. The van der Waals surface area contributed by atoms with Crippen LogP contribution in [-0.4, -0.2) is 16.3 Å². The number of hydrogen-bond acceptors (Lipinski definition) is 2. The van der Waals surface area contributed by atoms with E-state index in [1.165, 1.54) is 13.9 Å². The van der Waals surface area contributed by atoms with Gasteiger partial charge in [-0.05, 0) is 6.07 Å². The number of hydrogen-bond donors (Lipinski definition) is 1. The molecule has 14 heavy (non-hydrogen) atoms. The Kier molecular flexibility index (Phi) is 2.89. The zero-order valence-corrected chi connectivity index (χ0v) is 8.02. The summed E-state index contributed by atoms with van der Waals surface area (Å²) in [4.78, 5) is -0.682. The molecule has 0 bridgehead atoms. The van der Waals surface area contributed by atoms with Gasteiger partial charge in [0.15, 0.2) is 10.7 Å². The first-order valence-corrected chi connectivity index (χ1v) is 4.82. The topological polar surface area (TPSA) is 34.1 Å². The van der Waals surface area contributed by atoms with Crippen LogP contribution >= 0.6 is 0 Å². The first kappa shape index (κ1) is 11.1. The molecule has 76 valence electrons. The van der Waals surface area contributed by atoms with Crippen LogP contribution in [0.4, 0.5) is 13.2 Å². The Balaban J connectivity index is 3.45. The van der Waals surface area contributed by atoms with Gasteiger partial charge in [-0.1, -0.05) is 17.6 Å². The van der Waals surface area contributed by atoms with Gasteiger partial charge in [-0.25, -0.2) is 8.42 Å². The molecule has 0 spiro atoms. The number of thiol groups is 1. The largest absolute Gasteiger partial charge is 0.417 e. The van der Waals surface area contributed by atoms with Gasteiger partial charge in [0, 0.05) is 0 Å². The molecule has 7 heteroatoms. The van der Waals surface area contributed by atoms with Crippen LogP contribution in [0.2, 0.25) is 0 Å². The summed E-state index contributed by atoms with van der Waals surface area (Å²) in [6.45, 7) is 0.